The first-order valence-electron chi connectivity index (χ1n) is 3.52. The second kappa shape index (κ2) is 3.95. The van der Waals surface area contributed by atoms with Crippen LogP contribution in [0.3, 0.4) is 0 Å². The fraction of sp³-hybridized carbons (Fsp3) is 0.111. The Kier molecular flexibility index (Phi) is 2.91. The maximum absolute atomic E-state index is 12.7. The van der Waals surface area contributed by atoms with Crippen molar-refractivity contribution < 1.29 is 9.13 Å². The minimum atomic E-state index is -0.394. The third-order valence-electron chi connectivity index (χ3n) is 1.26. The Bertz CT molecular complexity index is 266. The van der Waals surface area contributed by atoms with Gasteiger partial charge in [-0.15, -0.1) is 0 Å². The summed E-state index contributed by atoms with van der Waals surface area (Å²) < 4.78 is 17.7. The van der Waals surface area contributed by atoms with Gasteiger partial charge in [0.1, 0.15) is 26.0 Å². The molecule has 0 aromatic heterocycles. The molecule has 2 radical (unpaired) electrons. The van der Waals surface area contributed by atoms with Crippen LogP contribution < -0.4 is 10.2 Å². The molecule has 0 N–H and O–H groups in total. The van der Waals surface area contributed by atoms with Crippen molar-refractivity contribution in [2.75, 3.05) is 6.61 Å². The monoisotopic (exact) mass is 162 g/mol. The van der Waals surface area contributed by atoms with Gasteiger partial charge in [0.2, 0.25) is 0 Å². The molecule has 0 spiro atoms. The van der Waals surface area contributed by atoms with E-state index in [0.717, 1.165) is 0 Å². The zero-order valence-corrected chi connectivity index (χ0v) is 6.59. The first-order chi connectivity index (χ1) is 5.72. The highest BCUT2D eigenvalue weighted by atomic mass is 19.1. The van der Waals surface area contributed by atoms with Gasteiger partial charge >= 0.3 is 0 Å². The minimum Gasteiger partial charge on any atom is -0.489 e. The van der Waals surface area contributed by atoms with Crippen LogP contribution >= 0.6 is 0 Å². The number of halogens is 1. The Hall–Kier alpha value is -1.25. The summed E-state index contributed by atoms with van der Waals surface area (Å²) in [7, 11) is 5.39. The number of rotatable bonds is 3. The van der Waals surface area contributed by atoms with Gasteiger partial charge in [0.05, 0.1) is 0 Å². The van der Waals surface area contributed by atoms with Crippen molar-refractivity contribution in [2.45, 2.75) is 0 Å². The quantitative estimate of drug-likeness (QED) is 0.479. The second-order valence-electron chi connectivity index (χ2n) is 2.32. The van der Waals surface area contributed by atoms with Crippen LogP contribution in [0.25, 0.3) is 0 Å². The first-order valence-corrected chi connectivity index (χ1v) is 3.52. The number of hydrogen-bond acceptors (Lipinski definition) is 1. The van der Waals surface area contributed by atoms with Gasteiger partial charge < -0.3 is 4.74 Å². The van der Waals surface area contributed by atoms with Gasteiger partial charge in [0.25, 0.3) is 0 Å². The fourth-order valence-electron chi connectivity index (χ4n) is 0.823. The Balaban J connectivity index is 2.78. The molecule has 60 valence electrons. The van der Waals surface area contributed by atoms with Crippen molar-refractivity contribution in [3.63, 3.8) is 0 Å². The number of benzene rings is 1. The largest absolute Gasteiger partial charge is 0.489 e. The highest BCUT2D eigenvalue weighted by molar-refractivity contribution is 6.32. The molecule has 12 heavy (non-hydrogen) atoms. The summed E-state index contributed by atoms with van der Waals surface area (Å²) in [6.07, 6.45) is 1.58. The van der Waals surface area contributed by atoms with E-state index in [4.69, 9.17) is 12.6 Å². The van der Waals surface area contributed by atoms with E-state index < -0.39 is 5.82 Å². The fourth-order valence-corrected chi connectivity index (χ4v) is 0.823. The van der Waals surface area contributed by atoms with Crippen LogP contribution in [0.5, 0.6) is 5.75 Å². The van der Waals surface area contributed by atoms with Crippen LogP contribution in [0.2, 0.25) is 0 Å². The van der Waals surface area contributed by atoms with Gasteiger partial charge in [-0.2, -0.15) is 0 Å². The number of hydrogen-bond donors (Lipinski definition) is 0. The minimum absolute atomic E-state index is 0.350. The van der Waals surface area contributed by atoms with Crippen LogP contribution in [0.15, 0.2) is 30.9 Å². The molecule has 0 aliphatic carbocycles. The zero-order valence-electron chi connectivity index (χ0n) is 6.59. The van der Waals surface area contributed by atoms with Crippen LogP contribution in [-0.2, 0) is 0 Å². The molecule has 3 heteroatoms. The molecule has 0 amide bonds. The Labute approximate surface area is 72.3 Å². The predicted octanol–water partition coefficient (Wildman–Crippen LogP) is 1.18. The Morgan fingerprint density at radius 3 is 2.83 bits per heavy atom. The van der Waals surface area contributed by atoms with Gasteiger partial charge in [-0.1, -0.05) is 18.1 Å². The molecule has 1 aromatic rings. The van der Waals surface area contributed by atoms with Crippen molar-refractivity contribution >= 4 is 13.3 Å². The lowest BCUT2D eigenvalue weighted by atomic mass is 9.96. The van der Waals surface area contributed by atoms with Gasteiger partial charge in [0.15, 0.2) is 0 Å². The van der Waals surface area contributed by atoms with Crippen molar-refractivity contribution in [3.05, 3.63) is 36.7 Å². The normalized spacial score (nSPS) is 9.42. The van der Waals surface area contributed by atoms with Gasteiger partial charge in [-0.3, -0.25) is 0 Å². The topological polar surface area (TPSA) is 9.23 Å². The molecule has 1 rings (SSSR count). The third kappa shape index (κ3) is 2.42. The molecular formula is C9H8BFO. The van der Waals surface area contributed by atoms with E-state index in [0.29, 0.717) is 17.8 Å². The van der Waals surface area contributed by atoms with E-state index in [2.05, 4.69) is 6.58 Å². The van der Waals surface area contributed by atoms with Crippen LogP contribution in [-0.4, -0.2) is 14.5 Å². The molecule has 0 atom stereocenters. The van der Waals surface area contributed by atoms with Gasteiger partial charge in [-0.25, -0.2) is 4.39 Å². The SMILES string of the molecule is [B]c1cc(F)cc(OCC=C)c1. The molecule has 0 saturated heterocycles. The highest BCUT2D eigenvalue weighted by Gasteiger charge is 1.96. The lowest BCUT2D eigenvalue weighted by Crippen LogP contribution is -2.04. The molecule has 0 aliphatic heterocycles. The summed E-state index contributed by atoms with van der Waals surface area (Å²) in [5.41, 5.74) is 0.356. The predicted molar refractivity (Wildman–Crippen MR) is 47.5 cm³/mol. The molecule has 1 aromatic carbocycles. The molecule has 0 aliphatic rings. The molecule has 0 heterocycles. The average Bonchev–Trinajstić information content (AvgIpc) is 1.99. The Morgan fingerprint density at radius 2 is 2.25 bits per heavy atom. The summed E-state index contributed by atoms with van der Waals surface area (Å²) in [6.45, 7) is 3.82. The summed E-state index contributed by atoms with van der Waals surface area (Å²) in [5, 5.41) is 0. The molecule has 0 saturated carbocycles. The standard InChI is InChI=1S/C9H8BFO/c1-2-3-12-9-5-7(10)4-8(11)6-9/h2,4-6H,1,3H2. The van der Waals surface area contributed by atoms with Gasteiger partial charge in [0, 0.05) is 6.07 Å². The van der Waals surface area contributed by atoms with E-state index in [9.17, 15) is 4.39 Å². The first kappa shape index (κ1) is 8.85. The zero-order chi connectivity index (χ0) is 8.97. The van der Waals surface area contributed by atoms with E-state index >= 15 is 0 Å². The third-order valence-corrected chi connectivity index (χ3v) is 1.26. The van der Waals surface area contributed by atoms with Crippen molar-refractivity contribution in [3.8, 4) is 5.75 Å². The van der Waals surface area contributed by atoms with Crippen molar-refractivity contribution in [2.24, 2.45) is 0 Å². The van der Waals surface area contributed by atoms with Gasteiger partial charge in [-0.05, 0) is 12.1 Å². The van der Waals surface area contributed by atoms with Crippen molar-refractivity contribution in [1.29, 1.82) is 0 Å². The van der Waals surface area contributed by atoms with Crippen molar-refractivity contribution in [1.82, 2.24) is 0 Å². The molecule has 0 fully saturated rings. The summed E-state index contributed by atoms with van der Waals surface area (Å²) >= 11 is 0. The van der Waals surface area contributed by atoms with Crippen LogP contribution in [0.4, 0.5) is 4.39 Å². The summed E-state index contributed by atoms with van der Waals surface area (Å²) in [4.78, 5) is 0. The lowest BCUT2D eigenvalue weighted by molar-refractivity contribution is 0.361. The second-order valence-corrected chi connectivity index (χ2v) is 2.32. The average molecular weight is 162 g/mol. The van der Waals surface area contributed by atoms with Crippen LogP contribution in [0.1, 0.15) is 0 Å². The van der Waals surface area contributed by atoms with E-state index in [1.165, 1.54) is 12.1 Å². The summed E-state index contributed by atoms with van der Waals surface area (Å²) in [5.74, 6) is 0.0291. The maximum Gasteiger partial charge on any atom is 0.126 e. The van der Waals surface area contributed by atoms with Crippen LogP contribution in [0, 0.1) is 5.82 Å². The molecule has 1 nitrogen and oxygen atoms in total. The lowest BCUT2D eigenvalue weighted by Gasteiger charge is -2.03. The maximum atomic E-state index is 12.7. The molecule has 0 bridgehead atoms. The van der Waals surface area contributed by atoms with E-state index in [1.807, 2.05) is 0 Å². The molecular weight excluding hydrogens is 154 g/mol. The number of ether oxygens (including phenoxy) is 1. The smallest absolute Gasteiger partial charge is 0.126 e. The molecule has 0 unspecified atom stereocenters. The van der Waals surface area contributed by atoms with E-state index in [-0.39, 0.29) is 0 Å². The Morgan fingerprint density at radius 1 is 1.50 bits per heavy atom. The highest BCUT2D eigenvalue weighted by Crippen LogP contribution is 2.09. The summed E-state index contributed by atoms with van der Waals surface area (Å²) in [6, 6.07) is 4.08. The van der Waals surface area contributed by atoms with E-state index in [1.54, 1.807) is 12.1 Å².